The molecule has 0 saturated heterocycles. The van der Waals surface area contributed by atoms with Crippen molar-refractivity contribution in [3.8, 4) is 0 Å². The summed E-state index contributed by atoms with van der Waals surface area (Å²) < 4.78 is 0. The lowest BCUT2D eigenvalue weighted by Crippen LogP contribution is -2.27. The number of hydrogen-bond donors (Lipinski definition) is 1. The second-order valence-electron chi connectivity index (χ2n) is 5.54. The largest absolute Gasteiger partial charge is 0.339 e. The van der Waals surface area contributed by atoms with Gasteiger partial charge < -0.3 is 5.32 Å². The second-order valence-corrected chi connectivity index (χ2v) is 5.54. The highest BCUT2D eigenvalue weighted by Crippen LogP contribution is 2.26. The normalized spacial score (nSPS) is 16.1. The maximum Gasteiger partial charge on any atom is 0.138 e. The monoisotopic (exact) mass is 295 g/mol. The topological polar surface area (TPSA) is 53.9 Å². The van der Waals surface area contributed by atoms with Crippen molar-refractivity contribution >= 4 is 23.7 Å². The molecule has 1 N–H and O–H groups in total. The molecule has 0 saturated carbocycles. The molecule has 0 aromatic carbocycles. The summed E-state index contributed by atoms with van der Waals surface area (Å²) in [6.07, 6.45) is 8.69. The highest BCUT2D eigenvalue weighted by molar-refractivity contribution is 5.60. The lowest BCUT2D eigenvalue weighted by molar-refractivity contribution is 0.351. The van der Waals surface area contributed by atoms with Gasteiger partial charge in [-0.05, 0) is 31.7 Å². The van der Waals surface area contributed by atoms with Gasteiger partial charge in [-0.15, -0.1) is 0 Å². The number of fused-ring (bicyclic) bond motifs is 1. The molecule has 22 heavy (non-hydrogen) atoms. The van der Waals surface area contributed by atoms with Crippen molar-refractivity contribution in [1.82, 2.24) is 19.9 Å². The fourth-order valence-electron chi connectivity index (χ4n) is 2.76. The van der Waals surface area contributed by atoms with Gasteiger partial charge >= 0.3 is 0 Å². The van der Waals surface area contributed by atoms with Crippen molar-refractivity contribution < 1.29 is 0 Å². The predicted octanol–water partition coefficient (Wildman–Crippen LogP) is 1.55. The molecule has 2 aromatic heterocycles. The molecular formula is C17H21N5. The van der Waals surface area contributed by atoms with Crippen molar-refractivity contribution in [1.29, 1.82) is 0 Å². The van der Waals surface area contributed by atoms with Crippen LogP contribution in [0.3, 0.4) is 0 Å². The molecule has 2 aromatic rings. The Bertz CT molecular complexity index is 797. The maximum absolute atomic E-state index is 4.52. The fourth-order valence-corrected chi connectivity index (χ4v) is 2.76. The van der Waals surface area contributed by atoms with E-state index in [1.54, 1.807) is 6.33 Å². The molecule has 0 spiro atoms. The average molecular weight is 295 g/mol. The van der Waals surface area contributed by atoms with Gasteiger partial charge in [0, 0.05) is 18.7 Å². The van der Waals surface area contributed by atoms with E-state index in [0.29, 0.717) is 0 Å². The molecule has 0 bridgehead atoms. The van der Waals surface area contributed by atoms with Gasteiger partial charge in [-0.3, -0.25) is 9.88 Å². The van der Waals surface area contributed by atoms with Crippen LogP contribution < -0.4 is 15.9 Å². The summed E-state index contributed by atoms with van der Waals surface area (Å²) in [4.78, 5) is 15.5. The number of anilines is 2. The van der Waals surface area contributed by atoms with Crippen LogP contribution in [0.15, 0.2) is 18.6 Å². The summed E-state index contributed by atoms with van der Waals surface area (Å²) in [5.41, 5.74) is 3.24. The first-order valence-electron chi connectivity index (χ1n) is 7.62. The number of nitrogens with zero attached hydrogens (tertiary/aromatic N) is 4. The molecule has 5 heteroatoms. The fraction of sp³-hybridized carbons (Fsp3) is 0.353. The lowest BCUT2D eigenvalue weighted by atomic mass is 10.2. The summed E-state index contributed by atoms with van der Waals surface area (Å²) in [7, 11) is 2.09. The third-order valence-electron chi connectivity index (χ3n) is 3.79. The van der Waals surface area contributed by atoms with Gasteiger partial charge in [0.2, 0.25) is 0 Å². The maximum atomic E-state index is 4.52. The Hall–Kier alpha value is -2.27. The highest BCUT2D eigenvalue weighted by Gasteiger charge is 2.21. The van der Waals surface area contributed by atoms with Crippen molar-refractivity contribution in [2.45, 2.75) is 33.4 Å². The third-order valence-corrected chi connectivity index (χ3v) is 3.79. The van der Waals surface area contributed by atoms with E-state index in [9.17, 15) is 0 Å². The number of aromatic nitrogens is 3. The summed E-state index contributed by atoms with van der Waals surface area (Å²) in [5.74, 6) is 0.881. The zero-order chi connectivity index (χ0) is 15.5. The van der Waals surface area contributed by atoms with E-state index in [4.69, 9.17) is 0 Å². The van der Waals surface area contributed by atoms with Crippen molar-refractivity contribution in [3.05, 3.63) is 40.4 Å². The Morgan fingerprint density at radius 2 is 2.14 bits per heavy atom. The number of rotatable bonds is 3. The number of pyridine rings is 1. The van der Waals surface area contributed by atoms with Gasteiger partial charge in [0.25, 0.3) is 0 Å². The minimum Gasteiger partial charge on any atom is -0.339 e. The van der Waals surface area contributed by atoms with Gasteiger partial charge in [-0.25, -0.2) is 9.97 Å². The smallest absolute Gasteiger partial charge is 0.138 e. The van der Waals surface area contributed by atoms with Crippen LogP contribution in [0.1, 0.15) is 31.5 Å². The molecule has 1 aliphatic rings. The summed E-state index contributed by atoms with van der Waals surface area (Å²) in [6.45, 7) is 5.90. The summed E-state index contributed by atoms with van der Waals surface area (Å²) >= 11 is 0. The second kappa shape index (κ2) is 6.23. The molecular weight excluding hydrogens is 274 g/mol. The molecule has 1 aliphatic heterocycles. The van der Waals surface area contributed by atoms with Crippen LogP contribution in [-0.2, 0) is 13.1 Å². The molecule has 3 heterocycles. The van der Waals surface area contributed by atoms with E-state index in [-0.39, 0.29) is 0 Å². The van der Waals surface area contributed by atoms with Crippen molar-refractivity contribution in [2.24, 2.45) is 0 Å². The molecule has 0 unspecified atom stereocenters. The van der Waals surface area contributed by atoms with Gasteiger partial charge in [0.15, 0.2) is 0 Å². The molecule has 0 radical (unpaired) electrons. The summed E-state index contributed by atoms with van der Waals surface area (Å²) in [5, 5.41) is 5.57. The van der Waals surface area contributed by atoms with Crippen LogP contribution >= 0.6 is 0 Å². The molecule has 0 fully saturated rings. The zero-order valence-corrected chi connectivity index (χ0v) is 13.3. The van der Waals surface area contributed by atoms with Crippen LogP contribution in [0, 0.1) is 0 Å². The van der Waals surface area contributed by atoms with Crippen molar-refractivity contribution in [3.63, 3.8) is 0 Å². The zero-order valence-electron chi connectivity index (χ0n) is 13.3. The van der Waals surface area contributed by atoms with Gasteiger partial charge in [-0.1, -0.05) is 19.1 Å². The standard InChI is InChI=1S/C17H21N5/c1-4-6-12-7-13(8-18-15(12)5-2)21-17-14-9-22(3)10-16(14)19-11-20-17/h5-8,11H,4,9-10H2,1-3H3,(H,19,20,21)/b12-6-,15-5+. The van der Waals surface area contributed by atoms with Gasteiger partial charge in [0.05, 0.1) is 22.9 Å². The van der Waals surface area contributed by atoms with E-state index >= 15 is 0 Å². The Morgan fingerprint density at radius 3 is 2.91 bits per heavy atom. The molecule has 0 aliphatic carbocycles. The number of hydrogen-bond acceptors (Lipinski definition) is 5. The van der Waals surface area contributed by atoms with E-state index < -0.39 is 0 Å². The first kappa shape index (κ1) is 14.7. The first-order valence-corrected chi connectivity index (χ1v) is 7.62. The van der Waals surface area contributed by atoms with Gasteiger partial charge in [-0.2, -0.15) is 0 Å². The molecule has 3 rings (SSSR count). The molecule has 5 nitrogen and oxygen atoms in total. The first-order chi connectivity index (χ1) is 10.7. The minimum absolute atomic E-state index is 0.876. The van der Waals surface area contributed by atoms with E-state index in [2.05, 4.69) is 51.3 Å². The Labute approximate surface area is 130 Å². The van der Waals surface area contributed by atoms with Crippen LogP contribution in [0.25, 0.3) is 12.2 Å². The van der Waals surface area contributed by atoms with E-state index in [1.165, 1.54) is 5.56 Å². The van der Waals surface area contributed by atoms with Crippen LogP contribution in [-0.4, -0.2) is 26.9 Å². The quantitative estimate of drug-likeness (QED) is 0.931. The van der Waals surface area contributed by atoms with Crippen LogP contribution in [0.4, 0.5) is 11.5 Å². The Morgan fingerprint density at radius 1 is 1.27 bits per heavy atom. The lowest BCUT2D eigenvalue weighted by Gasteiger charge is -2.09. The highest BCUT2D eigenvalue weighted by atomic mass is 15.2. The predicted molar refractivity (Wildman–Crippen MR) is 88.9 cm³/mol. The Kier molecular flexibility index (Phi) is 4.15. The third kappa shape index (κ3) is 2.85. The SMILES string of the molecule is C/C=c1/ncc(Nc2ncnc3c2CN(C)C3)c/c1=C/CC. The summed E-state index contributed by atoms with van der Waals surface area (Å²) in [6, 6.07) is 2.12. The minimum atomic E-state index is 0.876. The number of nitrogens with one attached hydrogen (secondary N) is 1. The molecule has 0 amide bonds. The van der Waals surface area contributed by atoms with Crippen LogP contribution in [0.5, 0.6) is 0 Å². The van der Waals surface area contributed by atoms with E-state index in [1.807, 2.05) is 19.2 Å². The average Bonchev–Trinajstić information content (AvgIpc) is 2.89. The van der Waals surface area contributed by atoms with E-state index in [0.717, 1.165) is 47.3 Å². The Balaban J connectivity index is 1.97. The molecule has 0 atom stereocenters. The molecule has 114 valence electrons. The van der Waals surface area contributed by atoms with Gasteiger partial charge in [0.1, 0.15) is 12.1 Å². The van der Waals surface area contributed by atoms with Crippen LogP contribution in [0.2, 0.25) is 0 Å². The van der Waals surface area contributed by atoms with Crippen molar-refractivity contribution in [2.75, 3.05) is 12.4 Å².